The molecular formula is C9H16N2O3. The summed E-state index contributed by atoms with van der Waals surface area (Å²) in [6, 6.07) is 1.79. The van der Waals surface area contributed by atoms with Gasteiger partial charge in [0.15, 0.2) is 0 Å². The highest BCUT2D eigenvalue weighted by Gasteiger charge is 1.99. The van der Waals surface area contributed by atoms with E-state index in [9.17, 15) is 0 Å². The number of hydrogen-bond donors (Lipinski definition) is 1. The molecule has 0 fully saturated rings. The van der Waals surface area contributed by atoms with Crippen molar-refractivity contribution >= 4 is 0 Å². The maximum Gasteiger partial charge on any atom is 0.0849 e. The van der Waals surface area contributed by atoms with Gasteiger partial charge in [-0.25, -0.2) is 0 Å². The van der Waals surface area contributed by atoms with Crippen LogP contribution >= 0.6 is 0 Å². The molecule has 0 saturated carbocycles. The van der Waals surface area contributed by atoms with E-state index in [1.165, 1.54) is 0 Å². The molecule has 5 nitrogen and oxygen atoms in total. The summed E-state index contributed by atoms with van der Waals surface area (Å²) in [5.41, 5.74) is 0.806. The first-order valence-corrected chi connectivity index (χ1v) is 4.56. The Morgan fingerprint density at radius 1 is 1.43 bits per heavy atom. The Labute approximate surface area is 83.2 Å². The molecule has 1 N–H and O–H groups in total. The smallest absolute Gasteiger partial charge is 0.0849 e. The molecule has 0 aliphatic rings. The van der Waals surface area contributed by atoms with Gasteiger partial charge in [0.1, 0.15) is 0 Å². The van der Waals surface area contributed by atoms with Crippen LogP contribution in [-0.4, -0.2) is 41.8 Å². The second-order valence-corrected chi connectivity index (χ2v) is 2.81. The lowest BCUT2D eigenvalue weighted by molar-refractivity contribution is 0.0646. The number of ether oxygens (including phenoxy) is 2. The second kappa shape index (κ2) is 6.53. The zero-order valence-electron chi connectivity index (χ0n) is 8.35. The van der Waals surface area contributed by atoms with E-state index < -0.39 is 0 Å². The third-order valence-electron chi connectivity index (χ3n) is 1.85. The normalized spacial score (nSPS) is 10.7. The topological polar surface area (TPSA) is 56.5 Å². The fraction of sp³-hybridized carbons (Fsp3) is 0.667. The van der Waals surface area contributed by atoms with Crippen molar-refractivity contribution in [3.8, 4) is 0 Å². The Kier molecular flexibility index (Phi) is 5.21. The van der Waals surface area contributed by atoms with E-state index in [1.54, 1.807) is 24.1 Å². The molecule has 0 bridgehead atoms. The van der Waals surface area contributed by atoms with Gasteiger partial charge in [-0.2, -0.15) is 5.10 Å². The molecule has 0 radical (unpaired) electrons. The monoisotopic (exact) mass is 200 g/mol. The average Bonchev–Trinajstić information content (AvgIpc) is 2.65. The van der Waals surface area contributed by atoms with Crippen LogP contribution in [0.15, 0.2) is 12.3 Å². The van der Waals surface area contributed by atoms with Crippen LogP contribution in [0.4, 0.5) is 0 Å². The molecule has 0 aromatic carbocycles. The first-order chi connectivity index (χ1) is 6.88. The predicted octanol–water partition coefficient (Wildman–Crippen LogP) is 0.0384. The van der Waals surface area contributed by atoms with Crippen molar-refractivity contribution in [3.05, 3.63) is 18.0 Å². The Morgan fingerprint density at radius 2 is 2.29 bits per heavy atom. The van der Waals surface area contributed by atoms with E-state index >= 15 is 0 Å². The van der Waals surface area contributed by atoms with Gasteiger partial charge in [0.05, 0.1) is 38.7 Å². The molecular weight excluding hydrogens is 184 g/mol. The van der Waals surface area contributed by atoms with Crippen LogP contribution in [0.3, 0.4) is 0 Å². The summed E-state index contributed by atoms with van der Waals surface area (Å²) in [7, 11) is 1.64. The molecule has 5 heteroatoms. The van der Waals surface area contributed by atoms with Crippen LogP contribution in [0.1, 0.15) is 5.69 Å². The average molecular weight is 200 g/mol. The molecule has 0 atom stereocenters. The first kappa shape index (κ1) is 11.2. The summed E-state index contributed by atoms with van der Waals surface area (Å²) >= 11 is 0. The maximum absolute atomic E-state index is 8.93. The van der Waals surface area contributed by atoms with Gasteiger partial charge in [-0.05, 0) is 6.07 Å². The molecule has 0 saturated heterocycles. The number of hydrogen-bond acceptors (Lipinski definition) is 4. The summed E-state index contributed by atoms with van der Waals surface area (Å²) in [4.78, 5) is 0. The van der Waals surface area contributed by atoms with Gasteiger partial charge >= 0.3 is 0 Å². The van der Waals surface area contributed by atoms with Gasteiger partial charge in [-0.15, -0.1) is 0 Å². The van der Waals surface area contributed by atoms with Crippen molar-refractivity contribution in [3.63, 3.8) is 0 Å². The van der Waals surface area contributed by atoms with Gasteiger partial charge in [0.2, 0.25) is 0 Å². The number of rotatable bonds is 7. The lowest BCUT2D eigenvalue weighted by Crippen LogP contribution is -2.12. The zero-order chi connectivity index (χ0) is 10.2. The molecule has 14 heavy (non-hydrogen) atoms. The van der Waals surface area contributed by atoms with Gasteiger partial charge in [0, 0.05) is 13.3 Å². The van der Waals surface area contributed by atoms with E-state index in [0.29, 0.717) is 26.4 Å². The summed E-state index contributed by atoms with van der Waals surface area (Å²) in [5, 5.41) is 13.0. The van der Waals surface area contributed by atoms with E-state index in [2.05, 4.69) is 5.10 Å². The van der Waals surface area contributed by atoms with Crippen molar-refractivity contribution in [2.45, 2.75) is 13.2 Å². The van der Waals surface area contributed by atoms with Gasteiger partial charge in [0.25, 0.3) is 0 Å². The minimum absolute atomic E-state index is 0.0120. The quantitative estimate of drug-likeness (QED) is 0.631. The van der Waals surface area contributed by atoms with E-state index in [4.69, 9.17) is 14.6 Å². The van der Waals surface area contributed by atoms with Crippen molar-refractivity contribution in [2.24, 2.45) is 0 Å². The summed E-state index contributed by atoms with van der Waals surface area (Å²) in [5.74, 6) is 0. The number of aliphatic hydroxyl groups is 1. The van der Waals surface area contributed by atoms with Gasteiger partial charge in [-0.3, -0.25) is 4.68 Å². The largest absolute Gasteiger partial charge is 0.390 e. The lowest BCUT2D eigenvalue weighted by Gasteiger charge is -2.06. The molecule has 0 unspecified atom stereocenters. The minimum atomic E-state index is 0.0120. The van der Waals surface area contributed by atoms with Crippen molar-refractivity contribution in [1.82, 2.24) is 9.78 Å². The molecule has 0 spiro atoms. The fourth-order valence-electron chi connectivity index (χ4n) is 1.09. The Morgan fingerprint density at radius 3 is 3.00 bits per heavy atom. The molecule has 0 amide bonds. The van der Waals surface area contributed by atoms with E-state index in [0.717, 1.165) is 5.69 Å². The van der Waals surface area contributed by atoms with E-state index in [-0.39, 0.29) is 6.61 Å². The Hall–Kier alpha value is -0.910. The second-order valence-electron chi connectivity index (χ2n) is 2.81. The first-order valence-electron chi connectivity index (χ1n) is 4.56. The Balaban J connectivity index is 2.17. The van der Waals surface area contributed by atoms with Crippen molar-refractivity contribution < 1.29 is 14.6 Å². The van der Waals surface area contributed by atoms with Crippen molar-refractivity contribution in [1.29, 1.82) is 0 Å². The summed E-state index contributed by atoms with van der Waals surface area (Å²) < 4.78 is 11.8. The highest BCUT2D eigenvalue weighted by molar-refractivity contribution is 4.97. The van der Waals surface area contributed by atoms with Crippen LogP contribution in [0.2, 0.25) is 0 Å². The van der Waals surface area contributed by atoms with Gasteiger partial charge in [-0.1, -0.05) is 0 Å². The minimum Gasteiger partial charge on any atom is -0.390 e. The third-order valence-corrected chi connectivity index (χ3v) is 1.85. The molecule has 1 rings (SSSR count). The SMILES string of the molecule is COCCOCCn1nccc1CO. The summed E-state index contributed by atoms with van der Waals surface area (Å²) in [6.45, 7) is 2.45. The van der Waals surface area contributed by atoms with Crippen LogP contribution in [-0.2, 0) is 22.6 Å². The standard InChI is InChI=1S/C9H16N2O3/c1-13-6-7-14-5-4-11-9(8-12)2-3-10-11/h2-3,12H,4-8H2,1H3. The fourth-order valence-corrected chi connectivity index (χ4v) is 1.09. The molecule has 1 aromatic rings. The number of aliphatic hydroxyl groups excluding tert-OH is 1. The maximum atomic E-state index is 8.93. The summed E-state index contributed by atoms with van der Waals surface area (Å²) in [6.07, 6.45) is 1.67. The molecule has 80 valence electrons. The molecule has 1 aromatic heterocycles. The lowest BCUT2D eigenvalue weighted by atomic mass is 10.4. The van der Waals surface area contributed by atoms with Crippen LogP contribution < -0.4 is 0 Å². The predicted molar refractivity (Wildman–Crippen MR) is 50.8 cm³/mol. The molecule has 0 aliphatic heterocycles. The highest BCUT2D eigenvalue weighted by atomic mass is 16.5. The van der Waals surface area contributed by atoms with Crippen molar-refractivity contribution in [2.75, 3.05) is 26.9 Å². The number of aromatic nitrogens is 2. The Bertz CT molecular complexity index is 250. The van der Waals surface area contributed by atoms with Crippen LogP contribution in [0, 0.1) is 0 Å². The van der Waals surface area contributed by atoms with Gasteiger partial charge < -0.3 is 14.6 Å². The van der Waals surface area contributed by atoms with E-state index in [1.807, 2.05) is 0 Å². The highest BCUT2D eigenvalue weighted by Crippen LogP contribution is 1.97. The van der Waals surface area contributed by atoms with Crippen LogP contribution in [0.25, 0.3) is 0 Å². The zero-order valence-corrected chi connectivity index (χ0v) is 8.35. The molecule has 0 aliphatic carbocycles. The number of nitrogens with zero attached hydrogens (tertiary/aromatic N) is 2. The third kappa shape index (κ3) is 3.45. The number of methoxy groups -OCH3 is 1. The van der Waals surface area contributed by atoms with Crippen LogP contribution in [0.5, 0.6) is 0 Å². The molecule has 1 heterocycles.